The lowest BCUT2D eigenvalue weighted by molar-refractivity contribution is -0.116. The monoisotopic (exact) mass is 498 g/mol. The van der Waals surface area contributed by atoms with Crippen molar-refractivity contribution in [3.8, 4) is 28.7 Å². The first-order chi connectivity index (χ1) is 16.9. The van der Waals surface area contributed by atoms with E-state index in [9.17, 15) is 13.2 Å². The molecule has 10 heteroatoms. The van der Waals surface area contributed by atoms with Crippen LogP contribution < -0.4 is 24.3 Å². The van der Waals surface area contributed by atoms with Crippen LogP contribution in [0.2, 0.25) is 0 Å². The molecule has 0 bridgehead atoms. The lowest BCUT2D eigenvalue weighted by Crippen LogP contribution is -2.35. The van der Waals surface area contributed by atoms with Gasteiger partial charge in [-0.3, -0.25) is 4.79 Å². The number of amides is 1. The average molecular weight is 499 g/mol. The van der Waals surface area contributed by atoms with Crippen molar-refractivity contribution in [2.45, 2.75) is 11.3 Å². The van der Waals surface area contributed by atoms with Crippen LogP contribution in [0.25, 0.3) is 0 Å². The number of methoxy groups -OCH3 is 1. The van der Waals surface area contributed by atoms with E-state index < -0.39 is 15.9 Å². The van der Waals surface area contributed by atoms with Crippen LogP contribution in [0.3, 0.4) is 0 Å². The molecule has 0 radical (unpaired) electrons. The van der Waals surface area contributed by atoms with E-state index in [0.717, 1.165) is 4.31 Å². The third-order valence-corrected chi connectivity index (χ3v) is 7.03. The van der Waals surface area contributed by atoms with Crippen molar-refractivity contribution >= 4 is 21.6 Å². The SMILES string of the molecule is COc1ccccc1Oc1ccc(NC(=O)CN(C)S(=O)(=O)c2ccc3c(c2)OCCCO3)cc1. The van der Waals surface area contributed by atoms with Gasteiger partial charge in [0.15, 0.2) is 23.0 Å². The summed E-state index contributed by atoms with van der Waals surface area (Å²) in [7, 11) is -1.00. The second kappa shape index (κ2) is 10.7. The maximum absolute atomic E-state index is 13.0. The number of fused-ring (bicyclic) bond motifs is 1. The number of hydrogen-bond donors (Lipinski definition) is 1. The second-order valence-electron chi connectivity index (χ2n) is 7.75. The minimum Gasteiger partial charge on any atom is -0.493 e. The number of likely N-dealkylation sites (N-methyl/N-ethyl adjacent to an activating group) is 1. The van der Waals surface area contributed by atoms with Crippen molar-refractivity contribution < 1.29 is 32.2 Å². The molecule has 1 heterocycles. The van der Waals surface area contributed by atoms with Gasteiger partial charge >= 0.3 is 0 Å². The Labute approximate surface area is 204 Å². The van der Waals surface area contributed by atoms with E-state index in [1.807, 2.05) is 12.1 Å². The van der Waals surface area contributed by atoms with Gasteiger partial charge in [0.1, 0.15) is 5.75 Å². The van der Waals surface area contributed by atoms with Crippen LogP contribution in [0.15, 0.2) is 71.6 Å². The molecule has 1 amide bonds. The summed E-state index contributed by atoms with van der Waals surface area (Å²) in [5, 5.41) is 2.70. The minimum absolute atomic E-state index is 0.0230. The Morgan fingerprint density at radius 3 is 2.37 bits per heavy atom. The van der Waals surface area contributed by atoms with Crippen LogP contribution in [-0.4, -0.2) is 52.5 Å². The van der Waals surface area contributed by atoms with Gasteiger partial charge in [0.25, 0.3) is 0 Å². The summed E-state index contributed by atoms with van der Waals surface area (Å²) in [5.41, 5.74) is 0.503. The molecule has 0 spiro atoms. The van der Waals surface area contributed by atoms with Crippen molar-refractivity contribution in [1.29, 1.82) is 0 Å². The molecular formula is C25H26N2O7S. The lowest BCUT2D eigenvalue weighted by Gasteiger charge is -2.18. The van der Waals surface area contributed by atoms with E-state index in [-0.39, 0.29) is 11.4 Å². The van der Waals surface area contributed by atoms with Gasteiger partial charge < -0.3 is 24.3 Å². The Morgan fingerprint density at radius 2 is 1.66 bits per heavy atom. The Hall–Kier alpha value is -3.76. The zero-order valence-corrected chi connectivity index (χ0v) is 20.2. The van der Waals surface area contributed by atoms with Crippen LogP contribution in [0.4, 0.5) is 5.69 Å². The van der Waals surface area contributed by atoms with Crippen molar-refractivity contribution in [2.75, 3.05) is 39.2 Å². The first-order valence-electron chi connectivity index (χ1n) is 10.9. The predicted molar refractivity (Wildman–Crippen MR) is 130 cm³/mol. The summed E-state index contributed by atoms with van der Waals surface area (Å²) in [6, 6.07) is 18.4. The number of hydrogen-bond acceptors (Lipinski definition) is 7. The van der Waals surface area contributed by atoms with Crippen molar-refractivity contribution in [3.63, 3.8) is 0 Å². The van der Waals surface area contributed by atoms with Crippen LogP contribution in [0.5, 0.6) is 28.7 Å². The van der Waals surface area contributed by atoms with E-state index in [2.05, 4.69) is 5.32 Å². The number of anilines is 1. The first-order valence-corrected chi connectivity index (χ1v) is 12.4. The highest BCUT2D eigenvalue weighted by molar-refractivity contribution is 7.89. The normalized spacial score (nSPS) is 13.1. The maximum Gasteiger partial charge on any atom is 0.243 e. The number of carbonyl (C=O) groups excluding carboxylic acids is 1. The van der Waals surface area contributed by atoms with E-state index in [1.54, 1.807) is 49.6 Å². The van der Waals surface area contributed by atoms with E-state index >= 15 is 0 Å². The summed E-state index contributed by atoms with van der Waals surface area (Å²) in [5.74, 6) is 2.11. The van der Waals surface area contributed by atoms with Crippen LogP contribution in [-0.2, 0) is 14.8 Å². The van der Waals surface area contributed by atoms with Gasteiger partial charge in [0, 0.05) is 25.2 Å². The smallest absolute Gasteiger partial charge is 0.243 e. The van der Waals surface area contributed by atoms with E-state index in [4.69, 9.17) is 18.9 Å². The Morgan fingerprint density at radius 1 is 0.971 bits per heavy atom. The predicted octanol–water partition coefficient (Wildman–Crippen LogP) is 3.91. The molecule has 3 aromatic carbocycles. The van der Waals surface area contributed by atoms with Gasteiger partial charge in [-0.15, -0.1) is 0 Å². The summed E-state index contributed by atoms with van der Waals surface area (Å²) < 4.78 is 49.2. The third-order valence-electron chi connectivity index (χ3n) is 5.23. The Bertz CT molecular complexity index is 1290. The van der Waals surface area contributed by atoms with Crippen LogP contribution >= 0.6 is 0 Å². The number of nitrogens with one attached hydrogen (secondary N) is 1. The second-order valence-corrected chi connectivity index (χ2v) is 9.79. The van der Waals surface area contributed by atoms with Gasteiger partial charge in [-0.1, -0.05) is 12.1 Å². The van der Waals surface area contributed by atoms with Gasteiger partial charge in [-0.05, 0) is 48.5 Å². The molecule has 1 aliphatic heterocycles. The van der Waals surface area contributed by atoms with Gasteiger partial charge in [0.2, 0.25) is 15.9 Å². The van der Waals surface area contributed by atoms with Crippen LogP contribution in [0, 0.1) is 0 Å². The molecule has 0 atom stereocenters. The number of para-hydroxylation sites is 2. The number of carbonyl (C=O) groups is 1. The van der Waals surface area contributed by atoms with Gasteiger partial charge in [-0.25, -0.2) is 8.42 Å². The zero-order valence-electron chi connectivity index (χ0n) is 19.4. The molecule has 1 aliphatic rings. The molecule has 0 aliphatic carbocycles. The molecule has 1 N–H and O–H groups in total. The topological polar surface area (TPSA) is 103 Å². The number of rotatable bonds is 8. The molecule has 184 valence electrons. The van der Waals surface area contributed by atoms with E-state index in [0.29, 0.717) is 54.1 Å². The Kier molecular flexibility index (Phi) is 7.42. The molecule has 9 nitrogen and oxygen atoms in total. The molecule has 0 fully saturated rings. The Balaban J connectivity index is 1.37. The molecule has 0 unspecified atom stereocenters. The lowest BCUT2D eigenvalue weighted by atomic mass is 10.3. The standard InChI is InChI=1S/C25H26N2O7S/c1-27(35(29,30)20-12-13-22-24(16-20)33-15-5-14-32-22)17-25(28)26-18-8-10-19(11-9-18)34-23-7-4-3-6-21(23)31-2/h3-4,6-13,16H,5,14-15,17H2,1-2H3,(H,26,28). The fourth-order valence-electron chi connectivity index (χ4n) is 3.41. The molecule has 3 aromatic rings. The van der Waals surface area contributed by atoms with Crippen LogP contribution in [0.1, 0.15) is 6.42 Å². The molecule has 0 saturated heterocycles. The summed E-state index contributed by atoms with van der Waals surface area (Å²) in [4.78, 5) is 12.6. The summed E-state index contributed by atoms with van der Waals surface area (Å²) in [6.07, 6.45) is 0.713. The molecular weight excluding hydrogens is 472 g/mol. The highest BCUT2D eigenvalue weighted by atomic mass is 32.2. The third kappa shape index (κ3) is 5.84. The quantitative estimate of drug-likeness (QED) is 0.502. The van der Waals surface area contributed by atoms with Gasteiger partial charge in [0.05, 0.1) is 31.8 Å². The fourth-order valence-corrected chi connectivity index (χ4v) is 4.55. The van der Waals surface area contributed by atoms with Crippen molar-refractivity contribution in [2.24, 2.45) is 0 Å². The molecule has 4 rings (SSSR count). The minimum atomic E-state index is -3.91. The van der Waals surface area contributed by atoms with Crippen molar-refractivity contribution in [1.82, 2.24) is 4.31 Å². The van der Waals surface area contributed by atoms with Gasteiger partial charge in [-0.2, -0.15) is 4.31 Å². The maximum atomic E-state index is 13.0. The number of nitrogens with zero attached hydrogens (tertiary/aromatic N) is 1. The number of ether oxygens (including phenoxy) is 4. The zero-order chi connectivity index (χ0) is 24.8. The molecule has 0 saturated carbocycles. The molecule has 35 heavy (non-hydrogen) atoms. The summed E-state index contributed by atoms with van der Waals surface area (Å²) in [6.45, 7) is 0.584. The highest BCUT2D eigenvalue weighted by Gasteiger charge is 2.25. The molecule has 0 aromatic heterocycles. The number of benzene rings is 3. The number of sulfonamides is 1. The van der Waals surface area contributed by atoms with E-state index in [1.165, 1.54) is 19.2 Å². The largest absolute Gasteiger partial charge is 0.493 e. The first kappa shape index (κ1) is 24.4. The summed E-state index contributed by atoms with van der Waals surface area (Å²) >= 11 is 0. The highest BCUT2D eigenvalue weighted by Crippen LogP contribution is 2.33. The fraction of sp³-hybridized carbons (Fsp3) is 0.240. The van der Waals surface area contributed by atoms with Crippen molar-refractivity contribution in [3.05, 3.63) is 66.7 Å². The average Bonchev–Trinajstić information content (AvgIpc) is 3.10.